The molecule has 1 N–H and O–H groups in total. The van der Waals surface area contributed by atoms with E-state index in [4.69, 9.17) is 9.47 Å². The van der Waals surface area contributed by atoms with Crippen LogP contribution in [0, 0.1) is 5.82 Å². The minimum atomic E-state index is -0.340. The summed E-state index contributed by atoms with van der Waals surface area (Å²) in [4.78, 5) is 27.8. The van der Waals surface area contributed by atoms with Crippen LogP contribution < -0.4 is 15.0 Å². The van der Waals surface area contributed by atoms with Crippen LogP contribution in [0.1, 0.15) is 0 Å². The molecule has 0 radical (unpaired) electrons. The number of benzene rings is 2. The Morgan fingerprint density at radius 1 is 1.00 bits per heavy atom. The van der Waals surface area contributed by atoms with E-state index < -0.39 is 0 Å². The molecule has 29 heavy (non-hydrogen) atoms. The van der Waals surface area contributed by atoms with Gasteiger partial charge in [0, 0.05) is 31.9 Å². The number of anilines is 2. The summed E-state index contributed by atoms with van der Waals surface area (Å²) in [5.41, 5.74) is 1.17. The smallest absolute Gasteiger partial charge is 0.250 e. The van der Waals surface area contributed by atoms with Crippen molar-refractivity contribution in [2.75, 3.05) is 56.7 Å². The first-order chi connectivity index (χ1) is 14.1. The summed E-state index contributed by atoms with van der Waals surface area (Å²) < 4.78 is 24.2. The first-order valence-corrected chi connectivity index (χ1v) is 9.35. The normalized spacial score (nSPS) is 13.9. The number of hydrogen-bond donors (Lipinski definition) is 1. The minimum Gasteiger partial charge on any atom is -0.497 e. The van der Waals surface area contributed by atoms with Crippen molar-refractivity contribution in [1.82, 2.24) is 4.90 Å². The molecule has 1 fully saturated rings. The first-order valence-electron chi connectivity index (χ1n) is 9.35. The molecule has 1 saturated heterocycles. The molecule has 2 aromatic carbocycles. The lowest BCUT2D eigenvalue weighted by molar-refractivity contribution is -0.137. The van der Waals surface area contributed by atoms with Crippen LogP contribution >= 0.6 is 0 Å². The highest BCUT2D eigenvalue weighted by Gasteiger charge is 2.22. The van der Waals surface area contributed by atoms with E-state index in [1.807, 2.05) is 4.90 Å². The number of methoxy groups -OCH3 is 1. The van der Waals surface area contributed by atoms with Crippen molar-refractivity contribution in [3.05, 3.63) is 54.3 Å². The molecule has 0 spiro atoms. The van der Waals surface area contributed by atoms with Crippen LogP contribution in [0.15, 0.2) is 48.5 Å². The standard InChI is InChI=1S/C21H24FN3O4/c1-28-17-8-6-16(7-9-17)23-20(26)14-29-15-21(27)25-12-10-24(11-13-25)19-5-3-2-4-18(19)22/h2-9H,10-15H2,1H3,(H,23,26). The van der Waals surface area contributed by atoms with Crippen molar-refractivity contribution < 1.29 is 23.5 Å². The van der Waals surface area contributed by atoms with Crippen molar-refractivity contribution in [1.29, 1.82) is 0 Å². The van der Waals surface area contributed by atoms with Gasteiger partial charge in [0.2, 0.25) is 11.8 Å². The molecule has 8 heteroatoms. The van der Waals surface area contributed by atoms with E-state index in [1.54, 1.807) is 54.5 Å². The van der Waals surface area contributed by atoms with Crippen molar-refractivity contribution in [3.63, 3.8) is 0 Å². The number of hydrogen-bond acceptors (Lipinski definition) is 5. The second-order valence-electron chi connectivity index (χ2n) is 6.59. The predicted octanol–water partition coefficient (Wildman–Crippen LogP) is 2.14. The van der Waals surface area contributed by atoms with Gasteiger partial charge in [-0.2, -0.15) is 0 Å². The first kappa shape index (κ1) is 20.6. The Morgan fingerprint density at radius 3 is 2.34 bits per heavy atom. The SMILES string of the molecule is COc1ccc(NC(=O)COCC(=O)N2CCN(c3ccccc3F)CC2)cc1. The number of para-hydroxylation sites is 1. The molecule has 0 aliphatic carbocycles. The monoisotopic (exact) mass is 401 g/mol. The molecule has 1 aliphatic rings. The Kier molecular flexibility index (Phi) is 7.02. The number of carbonyl (C=O) groups excluding carboxylic acids is 2. The van der Waals surface area contributed by atoms with Crippen LogP contribution in [-0.2, 0) is 14.3 Å². The minimum absolute atomic E-state index is 0.171. The molecule has 1 aliphatic heterocycles. The second kappa shape index (κ2) is 9.88. The Bertz CT molecular complexity index is 836. The predicted molar refractivity (Wildman–Crippen MR) is 108 cm³/mol. The highest BCUT2D eigenvalue weighted by Crippen LogP contribution is 2.20. The Labute approximate surface area is 169 Å². The van der Waals surface area contributed by atoms with Crippen LogP contribution in [0.2, 0.25) is 0 Å². The van der Waals surface area contributed by atoms with E-state index in [-0.39, 0.29) is 30.8 Å². The van der Waals surface area contributed by atoms with Crippen LogP contribution in [0.25, 0.3) is 0 Å². The third-order valence-corrected chi connectivity index (χ3v) is 4.66. The molecule has 0 bridgehead atoms. The Morgan fingerprint density at radius 2 is 1.69 bits per heavy atom. The number of piperazine rings is 1. The molecule has 0 unspecified atom stereocenters. The summed E-state index contributed by atoms with van der Waals surface area (Å²) in [5.74, 6) is -0.0961. The lowest BCUT2D eigenvalue weighted by atomic mass is 10.2. The van der Waals surface area contributed by atoms with Gasteiger partial charge in [-0.05, 0) is 36.4 Å². The van der Waals surface area contributed by atoms with Crippen molar-refractivity contribution >= 4 is 23.2 Å². The molecule has 1 heterocycles. The number of rotatable bonds is 7. The van der Waals surface area contributed by atoms with E-state index in [0.717, 1.165) is 0 Å². The zero-order valence-electron chi connectivity index (χ0n) is 16.3. The fraction of sp³-hybridized carbons (Fsp3) is 0.333. The number of amides is 2. The Balaban J connectivity index is 1.37. The zero-order valence-corrected chi connectivity index (χ0v) is 16.3. The van der Waals surface area contributed by atoms with Gasteiger partial charge in [-0.1, -0.05) is 12.1 Å². The average molecular weight is 401 g/mol. The lowest BCUT2D eigenvalue weighted by Gasteiger charge is -2.36. The third kappa shape index (κ3) is 5.68. The van der Waals surface area contributed by atoms with Gasteiger partial charge in [-0.3, -0.25) is 9.59 Å². The number of nitrogens with zero attached hydrogens (tertiary/aromatic N) is 2. The van der Waals surface area contributed by atoms with Gasteiger partial charge in [0.15, 0.2) is 0 Å². The van der Waals surface area contributed by atoms with Gasteiger partial charge < -0.3 is 24.6 Å². The average Bonchev–Trinajstić information content (AvgIpc) is 2.75. The lowest BCUT2D eigenvalue weighted by Crippen LogP contribution is -2.50. The summed E-state index contributed by atoms with van der Waals surface area (Å²) in [6.45, 7) is 1.67. The van der Waals surface area contributed by atoms with E-state index >= 15 is 0 Å². The highest BCUT2D eigenvalue weighted by atomic mass is 19.1. The molecule has 2 amide bonds. The molecule has 154 valence electrons. The third-order valence-electron chi connectivity index (χ3n) is 4.66. The molecule has 0 aromatic heterocycles. The maximum Gasteiger partial charge on any atom is 0.250 e. The number of carbonyl (C=O) groups is 2. The van der Waals surface area contributed by atoms with Crippen LogP contribution in [0.5, 0.6) is 5.75 Å². The van der Waals surface area contributed by atoms with Gasteiger partial charge in [-0.25, -0.2) is 4.39 Å². The molecule has 0 atom stereocenters. The van der Waals surface area contributed by atoms with Gasteiger partial charge in [-0.15, -0.1) is 0 Å². The number of nitrogens with one attached hydrogen (secondary N) is 1. The number of ether oxygens (including phenoxy) is 2. The zero-order chi connectivity index (χ0) is 20.6. The number of halogens is 1. The van der Waals surface area contributed by atoms with Crippen molar-refractivity contribution in [2.24, 2.45) is 0 Å². The van der Waals surface area contributed by atoms with Crippen LogP contribution in [0.4, 0.5) is 15.8 Å². The van der Waals surface area contributed by atoms with Crippen LogP contribution in [-0.4, -0.2) is 63.2 Å². The molecule has 7 nitrogen and oxygen atoms in total. The molecule has 0 saturated carbocycles. The topological polar surface area (TPSA) is 71.1 Å². The van der Waals surface area contributed by atoms with E-state index in [9.17, 15) is 14.0 Å². The van der Waals surface area contributed by atoms with E-state index in [1.165, 1.54) is 6.07 Å². The quantitative estimate of drug-likeness (QED) is 0.770. The van der Waals surface area contributed by atoms with Crippen molar-refractivity contribution in [2.45, 2.75) is 0 Å². The fourth-order valence-corrected chi connectivity index (χ4v) is 3.10. The molecule has 2 aromatic rings. The highest BCUT2D eigenvalue weighted by molar-refractivity contribution is 5.92. The second-order valence-corrected chi connectivity index (χ2v) is 6.59. The molecule has 3 rings (SSSR count). The van der Waals surface area contributed by atoms with E-state index in [2.05, 4.69) is 5.32 Å². The van der Waals surface area contributed by atoms with Crippen molar-refractivity contribution in [3.8, 4) is 5.75 Å². The van der Waals surface area contributed by atoms with Crippen LogP contribution in [0.3, 0.4) is 0 Å². The summed E-state index contributed by atoms with van der Waals surface area (Å²) in [6, 6.07) is 13.5. The summed E-state index contributed by atoms with van der Waals surface area (Å²) in [5, 5.41) is 2.69. The molecular weight excluding hydrogens is 377 g/mol. The summed E-state index contributed by atoms with van der Waals surface area (Å²) in [6.07, 6.45) is 0. The maximum absolute atomic E-state index is 13.9. The van der Waals surface area contributed by atoms with Gasteiger partial charge in [0.05, 0.1) is 12.8 Å². The summed E-state index contributed by atoms with van der Waals surface area (Å²) in [7, 11) is 1.57. The molecular formula is C21H24FN3O4. The van der Waals surface area contributed by atoms with E-state index in [0.29, 0.717) is 43.3 Å². The van der Waals surface area contributed by atoms with Gasteiger partial charge in [0.25, 0.3) is 0 Å². The maximum atomic E-state index is 13.9. The largest absolute Gasteiger partial charge is 0.497 e. The van der Waals surface area contributed by atoms with Gasteiger partial charge in [0.1, 0.15) is 24.8 Å². The fourth-order valence-electron chi connectivity index (χ4n) is 3.10. The summed E-state index contributed by atoms with van der Waals surface area (Å²) >= 11 is 0. The van der Waals surface area contributed by atoms with Gasteiger partial charge >= 0.3 is 0 Å². The Hall–Kier alpha value is -3.13.